The largest absolute Gasteiger partial charge is 0.343 e. The van der Waals surface area contributed by atoms with Gasteiger partial charge in [-0.1, -0.05) is 25.1 Å². The molecule has 1 aromatic carbocycles. The van der Waals surface area contributed by atoms with Crippen LogP contribution in [0.5, 0.6) is 0 Å². The zero-order valence-electron chi connectivity index (χ0n) is 16.6. The Balaban J connectivity index is 1.69. The number of para-hydroxylation sites is 1. The molecule has 0 aliphatic heterocycles. The Morgan fingerprint density at radius 1 is 1.21 bits per heavy atom. The van der Waals surface area contributed by atoms with Gasteiger partial charge in [-0.3, -0.25) is 9.59 Å². The van der Waals surface area contributed by atoms with Crippen LogP contribution in [0.4, 0.5) is 5.69 Å². The number of hydrogen-bond donors (Lipinski definition) is 2. The molecule has 3 rings (SSSR count). The Hall–Kier alpha value is -3.22. The minimum Gasteiger partial charge on any atom is -0.343 e. The van der Waals surface area contributed by atoms with Crippen LogP contribution in [0.2, 0.25) is 0 Å². The van der Waals surface area contributed by atoms with Gasteiger partial charge in [-0.15, -0.1) is 0 Å². The van der Waals surface area contributed by atoms with Gasteiger partial charge < -0.3 is 10.6 Å². The average Bonchev–Trinajstić information content (AvgIpc) is 3.08. The summed E-state index contributed by atoms with van der Waals surface area (Å²) >= 11 is 0. The van der Waals surface area contributed by atoms with Crippen molar-refractivity contribution in [2.24, 2.45) is 0 Å². The number of pyridine rings is 1. The van der Waals surface area contributed by atoms with Crippen LogP contribution in [0.1, 0.15) is 48.4 Å². The summed E-state index contributed by atoms with van der Waals surface area (Å²) in [5.74, 6) is -0.600. The average molecular weight is 379 g/mol. The second kappa shape index (κ2) is 8.21. The van der Waals surface area contributed by atoms with Gasteiger partial charge in [0.25, 0.3) is 5.91 Å². The van der Waals surface area contributed by atoms with E-state index in [0.29, 0.717) is 11.3 Å². The quantitative estimate of drug-likeness (QED) is 0.688. The van der Waals surface area contributed by atoms with Crippen LogP contribution in [-0.4, -0.2) is 33.1 Å². The van der Waals surface area contributed by atoms with Crippen molar-refractivity contribution in [3.05, 3.63) is 53.3 Å². The molecule has 0 fully saturated rings. The highest BCUT2D eigenvalue weighted by Gasteiger charge is 2.16. The van der Waals surface area contributed by atoms with E-state index in [1.165, 1.54) is 0 Å². The maximum atomic E-state index is 12.6. The smallest absolute Gasteiger partial charge is 0.253 e. The van der Waals surface area contributed by atoms with Crippen molar-refractivity contribution < 1.29 is 9.59 Å². The normalized spacial score (nSPS) is 11.0. The molecule has 2 N–H and O–H groups in total. The minimum atomic E-state index is -0.330. The number of benzene rings is 1. The van der Waals surface area contributed by atoms with Gasteiger partial charge in [0.1, 0.15) is 0 Å². The molecule has 0 radical (unpaired) electrons. The van der Waals surface area contributed by atoms with Crippen LogP contribution in [0, 0.1) is 6.92 Å². The van der Waals surface area contributed by atoms with Crippen molar-refractivity contribution in [2.45, 2.75) is 40.2 Å². The third kappa shape index (κ3) is 4.03. The van der Waals surface area contributed by atoms with Crippen LogP contribution >= 0.6 is 0 Å². The van der Waals surface area contributed by atoms with E-state index < -0.39 is 0 Å². The lowest BCUT2D eigenvalue weighted by molar-refractivity contribution is -0.115. The molecule has 28 heavy (non-hydrogen) atoms. The number of aryl methyl sites for hydroxylation is 2. The summed E-state index contributed by atoms with van der Waals surface area (Å²) in [5, 5.41) is 10.6. The summed E-state index contributed by atoms with van der Waals surface area (Å²) in [6.45, 7) is 7.75. The summed E-state index contributed by atoms with van der Waals surface area (Å²) in [6, 6.07) is 9.57. The van der Waals surface area contributed by atoms with E-state index >= 15 is 0 Å². The third-order valence-corrected chi connectivity index (χ3v) is 4.58. The van der Waals surface area contributed by atoms with Gasteiger partial charge in [-0.05, 0) is 44.9 Å². The van der Waals surface area contributed by atoms with E-state index in [-0.39, 0.29) is 24.4 Å². The van der Waals surface area contributed by atoms with E-state index in [4.69, 9.17) is 0 Å². The van der Waals surface area contributed by atoms with Crippen LogP contribution in [0.25, 0.3) is 11.0 Å². The number of amides is 2. The number of fused-ring (bicyclic) bond motifs is 1. The van der Waals surface area contributed by atoms with Crippen molar-refractivity contribution in [1.82, 2.24) is 20.1 Å². The zero-order valence-corrected chi connectivity index (χ0v) is 16.6. The van der Waals surface area contributed by atoms with E-state index in [1.54, 1.807) is 19.2 Å². The molecule has 2 amide bonds. The Kier molecular flexibility index (Phi) is 5.73. The van der Waals surface area contributed by atoms with Crippen molar-refractivity contribution >= 4 is 28.5 Å². The van der Waals surface area contributed by atoms with Crippen molar-refractivity contribution in [2.75, 3.05) is 11.9 Å². The molecule has 3 aromatic rings. The van der Waals surface area contributed by atoms with Crippen LogP contribution in [-0.2, 0) is 11.2 Å². The fourth-order valence-electron chi connectivity index (χ4n) is 3.07. The molecule has 0 aliphatic rings. The molecule has 2 aromatic heterocycles. The first-order valence-corrected chi connectivity index (χ1v) is 9.41. The monoisotopic (exact) mass is 379 g/mol. The van der Waals surface area contributed by atoms with E-state index in [2.05, 4.69) is 20.7 Å². The number of carbonyl (C=O) groups is 2. The zero-order chi connectivity index (χ0) is 20.3. The fraction of sp³-hybridized carbons (Fsp3) is 0.333. The van der Waals surface area contributed by atoms with Gasteiger partial charge in [-0.2, -0.15) is 5.10 Å². The number of rotatable bonds is 6. The maximum Gasteiger partial charge on any atom is 0.253 e. The van der Waals surface area contributed by atoms with Gasteiger partial charge in [-0.25, -0.2) is 9.67 Å². The molecule has 7 heteroatoms. The van der Waals surface area contributed by atoms with Crippen molar-refractivity contribution in [1.29, 1.82) is 0 Å². The lowest BCUT2D eigenvalue weighted by atomic mass is 10.1. The standard InChI is InChI=1S/C21H25N5O2/c1-5-15-8-6-7-9-18(15)25-19(27)12-22-21(28)17-10-16-11-23-26(13(2)3)20(16)24-14(17)4/h6-11,13H,5,12H2,1-4H3,(H,22,28)(H,25,27). The SMILES string of the molecule is CCc1ccccc1NC(=O)CNC(=O)c1cc2cnn(C(C)C)c2nc1C. The highest BCUT2D eigenvalue weighted by molar-refractivity contribution is 6.01. The third-order valence-electron chi connectivity index (χ3n) is 4.58. The van der Waals surface area contributed by atoms with Crippen LogP contribution in [0.3, 0.4) is 0 Å². The molecule has 0 unspecified atom stereocenters. The second-order valence-electron chi connectivity index (χ2n) is 6.96. The number of aromatic nitrogens is 3. The van der Waals surface area contributed by atoms with Gasteiger partial charge in [0.2, 0.25) is 5.91 Å². The Labute approximate surface area is 164 Å². The molecular formula is C21H25N5O2. The number of carbonyl (C=O) groups excluding carboxylic acids is 2. The Morgan fingerprint density at radius 2 is 1.96 bits per heavy atom. The van der Waals surface area contributed by atoms with Gasteiger partial charge in [0.15, 0.2) is 5.65 Å². The lowest BCUT2D eigenvalue weighted by Crippen LogP contribution is -2.33. The molecule has 0 aliphatic carbocycles. The van der Waals surface area contributed by atoms with E-state index in [1.807, 2.05) is 49.7 Å². The number of nitrogens with one attached hydrogen (secondary N) is 2. The molecule has 0 bridgehead atoms. The van der Waals surface area contributed by atoms with Gasteiger partial charge in [0.05, 0.1) is 24.0 Å². The molecule has 0 saturated heterocycles. The molecular weight excluding hydrogens is 354 g/mol. The Morgan fingerprint density at radius 3 is 2.68 bits per heavy atom. The molecule has 7 nitrogen and oxygen atoms in total. The predicted octanol–water partition coefficient (Wildman–Crippen LogP) is 3.25. The Bertz CT molecular complexity index is 1020. The summed E-state index contributed by atoms with van der Waals surface area (Å²) in [6.07, 6.45) is 2.52. The summed E-state index contributed by atoms with van der Waals surface area (Å²) < 4.78 is 1.82. The molecule has 0 spiro atoms. The molecule has 2 heterocycles. The van der Waals surface area contributed by atoms with Crippen molar-refractivity contribution in [3.63, 3.8) is 0 Å². The van der Waals surface area contributed by atoms with Gasteiger partial charge in [0, 0.05) is 17.1 Å². The highest BCUT2D eigenvalue weighted by Crippen LogP contribution is 2.19. The second-order valence-corrected chi connectivity index (χ2v) is 6.96. The topological polar surface area (TPSA) is 88.9 Å². The first kappa shape index (κ1) is 19.5. The molecule has 0 saturated carbocycles. The first-order chi connectivity index (χ1) is 13.4. The molecule has 0 atom stereocenters. The number of anilines is 1. The summed E-state index contributed by atoms with van der Waals surface area (Å²) in [5.41, 5.74) is 3.61. The van der Waals surface area contributed by atoms with Crippen LogP contribution < -0.4 is 10.6 Å². The summed E-state index contributed by atoms with van der Waals surface area (Å²) in [7, 11) is 0. The maximum absolute atomic E-state index is 12.6. The number of hydrogen-bond acceptors (Lipinski definition) is 4. The highest BCUT2D eigenvalue weighted by atomic mass is 16.2. The van der Waals surface area contributed by atoms with Gasteiger partial charge >= 0.3 is 0 Å². The minimum absolute atomic E-state index is 0.111. The first-order valence-electron chi connectivity index (χ1n) is 9.41. The fourth-order valence-corrected chi connectivity index (χ4v) is 3.07. The predicted molar refractivity (Wildman–Crippen MR) is 109 cm³/mol. The van der Waals surface area contributed by atoms with Crippen LogP contribution in [0.15, 0.2) is 36.5 Å². The summed E-state index contributed by atoms with van der Waals surface area (Å²) in [4.78, 5) is 29.3. The van der Waals surface area contributed by atoms with E-state index in [9.17, 15) is 9.59 Å². The number of nitrogens with zero attached hydrogens (tertiary/aromatic N) is 3. The lowest BCUT2D eigenvalue weighted by Gasteiger charge is -2.11. The molecule has 146 valence electrons. The van der Waals surface area contributed by atoms with E-state index in [0.717, 1.165) is 28.7 Å². The van der Waals surface area contributed by atoms with Crippen molar-refractivity contribution in [3.8, 4) is 0 Å².